The Morgan fingerprint density at radius 3 is 2.92 bits per heavy atom. The highest BCUT2D eigenvalue weighted by atomic mass is 32.1. The Morgan fingerprint density at radius 1 is 1.42 bits per heavy atom. The summed E-state index contributed by atoms with van der Waals surface area (Å²) in [6.45, 7) is 4.54. The van der Waals surface area contributed by atoms with Gasteiger partial charge in [-0.3, -0.25) is 0 Å². The Morgan fingerprint density at radius 2 is 2.29 bits per heavy atom. The Labute approximate surface area is 146 Å². The van der Waals surface area contributed by atoms with Gasteiger partial charge in [0.2, 0.25) is 5.88 Å². The van der Waals surface area contributed by atoms with E-state index in [0.29, 0.717) is 31.4 Å². The van der Waals surface area contributed by atoms with E-state index in [0.717, 1.165) is 12.2 Å². The maximum Gasteiger partial charge on any atom is 0.317 e. The highest BCUT2D eigenvalue weighted by Gasteiger charge is 2.22. The number of hydrogen-bond acceptors (Lipinski definition) is 4. The number of nitrogens with one attached hydrogen (secondary N) is 1. The van der Waals surface area contributed by atoms with Gasteiger partial charge >= 0.3 is 6.03 Å². The molecule has 2 aromatic rings. The summed E-state index contributed by atoms with van der Waals surface area (Å²) in [4.78, 5) is 19.6. The van der Waals surface area contributed by atoms with Crippen molar-refractivity contribution in [3.05, 3.63) is 46.3 Å². The summed E-state index contributed by atoms with van der Waals surface area (Å²) in [6, 6.07) is 7.81. The van der Waals surface area contributed by atoms with Crippen LogP contribution in [0.4, 0.5) is 4.79 Å². The first kappa shape index (κ1) is 16.8. The third-order valence-electron chi connectivity index (χ3n) is 4.00. The van der Waals surface area contributed by atoms with E-state index in [4.69, 9.17) is 4.74 Å². The summed E-state index contributed by atoms with van der Waals surface area (Å²) in [5, 5.41) is 4.98. The van der Waals surface area contributed by atoms with Crippen LogP contribution in [0.1, 0.15) is 30.2 Å². The van der Waals surface area contributed by atoms with Gasteiger partial charge in [-0.25, -0.2) is 9.78 Å². The molecule has 0 radical (unpaired) electrons. The molecule has 0 bridgehead atoms. The van der Waals surface area contributed by atoms with Crippen LogP contribution in [0.3, 0.4) is 0 Å². The summed E-state index contributed by atoms with van der Waals surface area (Å²) in [5.74, 6) is 1.37. The van der Waals surface area contributed by atoms with Crippen LogP contribution in [-0.4, -0.2) is 29.1 Å². The van der Waals surface area contributed by atoms with Crippen LogP contribution in [0.5, 0.6) is 5.88 Å². The Balaban J connectivity index is 1.45. The van der Waals surface area contributed by atoms with E-state index >= 15 is 0 Å². The highest BCUT2D eigenvalue weighted by molar-refractivity contribution is 7.09. The van der Waals surface area contributed by atoms with Crippen LogP contribution < -0.4 is 10.1 Å². The van der Waals surface area contributed by atoms with Crippen molar-refractivity contribution in [3.63, 3.8) is 0 Å². The Kier molecular flexibility index (Phi) is 5.69. The molecule has 2 heterocycles. The minimum Gasteiger partial charge on any atom is -0.477 e. The molecule has 5 nitrogen and oxygen atoms in total. The summed E-state index contributed by atoms with van der Waals surface area (Å²) in [6.07, 6.45) is 4.30. The van der Waals surface area contributed by atoms with Gasteiger partial charge in [0.05, 0.1) is 13.2 Å². The van der Waals surface area contributed by atoms with Gasteiger partial charge in [0, 0.05) is 30.2 Å². The topological polar surface area (TPSA) is 54.5 Å². The minimum atomic E-state index is -0.0556. The second kappa shape index (κ2) is 8.15. The monoisotopic (exact) mass is 345 g/mol. The predicted molar refractivity (Wildman–Crippen MR) is 95.1 cm³/mol. The normalized spacial score (nSPS) is 13.5. The molecule has 3 rings (SSSR count). The van der Waals surface area contributed by atoms with Crippen LogP contribution in [0.2, 0.25) is 0 Å². The van der Waals surface area contributed by atoms with Gasteiger partial charge in [-0.1, -0.05) is 12.1 Å². The van der Waals surface area contributed by atoms with Gasteiger partial charge in [0.25, 0.3) is 0 Å². The number of ether oxygens (including phenoxy) is 1. The molecular weight excluding hydrogens is 322 g/mol. The van der Waals surface area contributed by atoms with E-state index in [1.54, 1.807) is 22.4 Å². The molecule has 128 valence electrons. The lowest BCUT2D eigenvalue weighted by Crippen LogP contribution is -2.38. The largest absolute Gasteiger partial charge is 0.477 e. The molecule has 0 spiro atoms. The fourth-order valence-electron chi connectivity index (χ4n) is 2.30. The quantitative estimate of drug-likeness (QED) is 0.794. The molecule has 1 N–H and O–H groups in total. The van der Waals surface area contributed by atoms with Crippen LogP contribution in [0.25, 0.3) is 0 Å². The smallest absolute Gasteiger partial charge is 0.317 e. The Bertz CT molecular complexity index is 639. The van der Waals surface area contributed by atoms with Gasteiger partial charge in [-0.05, 0) is 42.7 Å². The zero-order valence-corrected chi connectivity index (χ0v) is 14.7. The summed E-state index contributed by atoms with van der Waals surface area (Å²) in [7, 11) is 0. The van der Waals surface area contributed by atoms with Crippen molar-refractivity contribution in [1.29, 1.82) is 0 Å². The third-order valence-corrected chi connectivity index (χ3v) is 4.86. The number of urea groups is 1. The van der Waals surface area contributed by atoms with E-state index in [2.05, 4.69) is 10.3 Å². The molecular formula is C18H23N3O2S. The molecule has 2 aromatic heterocycles. The lowest BCUT2D eigenvalue weighted by atomic mass is 10.3. The van der Waals surface area contributed by atoms with Crippen molar-refractivity contribution in [2.45, 2.75) is 32.9 Å². The first-order valence-electron chi connectivity index (χ1n) is 8.37. The summed E-state index contributed by atoms with van der Waals surface area (Å²) >= 11 is 1.67. The van der Waals surface area contributed by atoms with E-state index in [9.17, 15) is 4.79 Å². The second-order valence-electron chi connectivity index (χ2n) is 6.01. The number of carbonyl (C=O) groups is 1. The number of aromatic nitrogens is 1. The number of thiophene rings is 1. The zero-order valence-electron chi connectivity index (χ0n) is 13.9. The van der Waals surface area contributed by atoms with Gasteiger partial charge in [-0.2, -0.15) is 0 Å². The fourth-order valence-corrected chi connectivity index (χ4v) is 3.02. The first-order valence-corrected chi connectivity index (χ1v) is 9.25. The van der Waals surface area contributed by atoms with Crippen molar-refractivity contribution >= 4 is 17.4 Å². The third kappa shape index (κ3) is 4.96. The summed E-state index contributed by atoms with van der Waals surface area (Å²) in [5.41, 5.74) is 0.967. The molecule has 2 amide bonds. The minimum absolute atomic E-state index is 0.0556. The number of amides is 2. The molecule has 1 aliphatic carbocycles. The van der Waals surface area contributed by atoms with Crippen molar-refractivity contribution in [3.8, 4) is 5.88 Å². The van der Waals surface area contributed by atoms with Gasteiger partial charge in [0.15, 0.2) is 0 Å². The maximum atomic E-state index is 12.3. The van der Waals surface area contributed by atoms with Crippen molar-refractivity contribution in [1.82, 2.24) is 15.2 Å². The molecule has 0 aliphatic heterocycles. The molecule has 6 heteroatoms. The SMILES string of the molecule is CCN(Cc1cccs1)C(=O)NCc1ccc(OCC2CC2)nc1. The van der Waals surface area contributed by atoms with Crippen LogP contribution >= 0.6 is 11.3 Å². The lowest BCUT2D eigenvalue weighted by molar-refractivity contribution is 0.198. The van der Waals surface area contributed by atoms with Crippen LogP contribution in [-0.2, 0) is 13.1 Å². The molecule has 0 atom stereocenters. The first-order chi connectivity index (χ1) is 11.7. The van der Waals surface area contributed by atoms with Crippen molar-refractivity contribution in [2.24, 2.45) is 5.92 Å². The number of nitrogens with zero attached hydrogens (tertiary/aromatic N) is 2. The average Bonchev–Trinajstić information content (AvgIpc) is 3.30. The van der Waals surface area contributed by atoms with Crippen LogP contribution in [0.15, 0.2) is 35.8 Å². The van der Waals surface area contributed by atoms with Gasteiger partial charge in [-0.15, -0.1) is 11.3 Å². The molecule has 1 aliphatic rings. The number of rotatable bonds is 8. The highest BCUT2D eigenvalue weighted by Crippen LogP contribution is 2.29. The predicted octanol–water partition coefficient (Wildman–Crippen LogP) is 3.66. The molecule has 0 aromatic carbocycles. The maximum absolute atomic E-state index is 12.3. The number of carbonyl (C=O) groups excluding carboxylic acids is 1. The molecule has 1 saturated carbocycles. The summed E-state index contributed by atoms with van der Waals surface area (Å²) < 4.78 is 5.62. The van der Waals surface area contributed by atoms with E-state index < -0.39 is 0 Å². The van der Waals surface area contributed by atoms with E-state index in [1.165, 1.54) is 17.7 Å². The standard InChI is InChI=1S/C18H23N3O2S/c1-2-21(12-16-4-3-9-24-16)18(22)20-11-15-7-8-17(19-10-15)23-13-14-5-6-14/h3-4,7-10,14H,2,5-6,11-13H2,1H3,(H,20,22). The number of pyridine rings is 1. The van der Waals surface area contributed by atoms with Gasteiger partial charge in [0.1, 0.15) is 0 Å². The molecule has 24 heavy (non-hydrogen) atoms. The van der Waals surface area contributed by atoms with E-state index in [1.807, 2.05) is 36.6 Å². The van der Waals surface area contributed by atoms with E-state index in [-0.39, 0.29) is 6.03 Å². The average molecular weight is 345 g/mol. The van der Waals surface area contributed by atoms with Crippen molar-refractivity contribution < 1.29 is 9.53 Å². The molecule has 0 unspecified atom stereocenters. The second-order valence-corrected chi connectivity index (χ2v) is 7.04. The zero-order chi connectivity index (χ0) is 16.8. The lowest BCUT2D eigenvalue weighted by Gasteiger charge is -2.20. The molecule has 0 saturated heterocycles. The van der Waals surface area contributed by atoms with Crippen LogP contribution in [0, 0.1) is 5.92 Å². The van der Waals surface area contributed by atoms with Gasteiger partial charge < -0.3 is 15.0 Å². The number of hydrogen-bond donors (Lipinski definition) is 1. The fraction of sp³-hybridized carbons (Fsp3) is 0.444. The van der Waals surface area contributed by atoms with Crippen molar-refractivity contribution in [2.75, 3.05) is 13.2 Å². The Hall–Kier alpha value is -2.08. The molecule has 1 fully saturated rings.